The summed E-state index contributed by atoms with van der Waals surface area (Å²) in [5.74, 6) is -2.02. The minimum atomic E-state index is -5.05. The number of imidazole rings is 1. The molecule has 152 valence electrons. The van der Waals surface area contributed by atoms with Gasteiger partial charge < -0.3 is 14.6 Å². The Morgan fingerprint density at radius 3 is 2.50 bits per heavy atom. The highest BCUT2D eigenvalue weighted by atomic mass is 35.5. The number of hydrogen-bond acceptors (Lipinski definition) is 3. The second-order valence-corrected chi connectivity index (χ2v) is 7.36. The first kappa shape index (κ1) is 20.6. The molecular weight excluding hydrogens is 402 g/mol. The predicted octanol–water partition coefficient (Wildman–Crippen LogP) is 3.68. The van der Waals surface area contributed by atoms with E-state index in [0.717, 1.165) is 4.90 Å². The molecule has 2 heterocycles. The van der Waals surface area contributed by atoms with Crippen LogP contribution in [0.25, 0.3) is 5.69 Å². The summed E-state index contributed by atoms with van der Waals surface area (Å²) in [6.07, 6.45) is -1.30. The lowest BCUT2D eigenvalue weighted by atomic mass is 9.92. The molecule has 1 aliphatic rings. The highest BCUT2D eigenvalue weighted by Crippen LogP contribution is 2.35. The minimum absolute atomic E-state index is 0.0456. The lowest BCUT2D eigenvalue weighted by Crippen LogP contribution is -2.57. The number of benzene rings is 1. The number of likely N-dealkylation sites (tertiary alicyclic amines) is 1. The van der Waals surface area contributed by atoms with Gasteiger partial charge in [0.1, 0.15) is 5.82 Å². The van der Waals surface area contributed by atoms with Gasteiger partial charge in [-0.15, -0.1) is 0 Å². The van der Waals surface area contributed by atoms with E-state index in [1.165, 1.54) is 18.5 Å². The summed E-state index contributed by atoms with van der Waals surface area (Å²) in [7, 11) is 0. The van der Waals surface area contributed by atoms with E-state index in [1.807, 2.05) is 0 Å². The molecule has 5 nitrogen and oxygen atoms in total. The maximum Gasteiger partial charge on any atom is 0.426 e. The van der Waals surface area contributed by atoms with Crippen molar-refractivity contribution in [1.82, 2.24) is 14.5 Å². The molecule has 1 N–H and O–H groups in total. The van der Waals surface area contributed by atoms with Crippen molar-refractivity contribution in [3.8, 4) is 5.69 Å². The monoisotopic (exact) mass is 419 g/mol. The summed E-state index contributed by atoms with van der Waals surface area (Å²) in [4.78, 5) is 17.2. The maximum absolute atomic E-state index is 14.3. The number of hydrogen-bond donors (Lipinski definition) is 1. The van der Waals surface area contributed by atoms with Gasteiger partial charge in [-0.3, -0.25) is 4.79 Å². The third kappa shape index (κ3) is 3.73. The van der Waals surface area contributed by atoms with E-state index < -0.39 is 23.5 Å². The Labute approximate surface area is 163 Å². The Morgan fingerprint density at radius 1 is 1.29 bits per heavy atom. The fraction of sp³-hybridized carbons (Fsp3) is 0.444. The van der Waals surface area contributed by atoms with Crippen LogP contribution in [0.15, 0.2) is 30.7 Å². The molecule has 0 unspecified atom stereocenters. The number of aliphatic hydroxyl groups is 1. The second kappa shape index (κ2) is 7.36. The zero-order valence-corrected chi connectivity index (χ0v) is 15.6. The van der Waals surface area contributed by atoms with Crippen LogP contribution in [0.1, 0.15) is 31.4 Å². The number of aromatic nitrogens is 2. The Morgan fingerprint density at radius 2 is 1.93 bits per heavy atom. The number of piperidine rings is 1. The van der Waals surface area contributed by atoms with Crippen molar-refractivity contribution in [2.24, 2.45) is 0 Å². The first-order valence-corrected chi connectivity index (χ1v) is 8.96. The summed E-state index contributed by atoms with van der Waals surface area (Å²) in [6.45, 7) is 0.549. The molecule has 0 radical (unpaired) electrons. The van der Waals surface area contributed by atoms with Gasteiger partial charge in [0.05, 0.1) is 12.0 Å². The molecule has 1 saturated heterocycles. The van der Waals surface area contributed by atoms with Crippen LogP contribution in [0, 0.1) is 5.82 Å². The van der Waals surface area contributed by atoms with Crippen LogP contribution in [-0.2, 0) is 4.79 Å². The van der Waals surface area contributed by atoms with Crippen LogP contribution in [-0.4, -0.2) is 50.3 Å². The van der Waals surface area contributed by atoms with Crippen molar-refractivity contribution in [1.29, 1.82) is 0 Å². The second-order valence-electron chi connectivity index (χ2n) is 6.92. The number of amides is 1. The summed E-state index contributed by atoms with van der Waals surface area (Å²) >= 11 is 5.78. The Bertz CT molecular complexity index is 874. The van der Waals surface area contributed by atoms with Gasteiger partial charge in [-0.1, -0.05) is 11.6 Å². The third-order valence-corrected chi connectivity index (χ3v) is 5.24. The normalized spacial score (nSPS) is 18.2. The molecule has 0 bridgehead atoms. The van der Waals surface area contributed by atoms with Crippen molar-refractivity contribution in [3.63, 3.8) is 0 Å². The Balaban J connectivity index is 1.75. The molecule has 0 spiro atoms. The summed E-state index contributed by atoms with van der Waals surface area (Å²) < 4.78 is 54.5. The summed E-state index contributed by atoms with van der Waals surface area (Å²) in [6, 6.07) is 4.24. The van der Waals surface area contributed by atoms with E-state index in [9.17, 15) is 27.5 Å². The zero-order chi connectivity index (χ0) is 20.7. The number of nitrogens with zero attached hydrogens (tertiary/aromatic N) is 3. The van der Waals surface area contributed by atoms with Crippen LogP contribution in [0.4, 0.5) is 17.6 Å². The molecule has 0 saturated carbocycles. The number of alkyl halides is 3. The van der Waals surface area contributed by atoms with Gasteiger partial charge in [-0.05, 0) is 38.0 Å². The van der Waals surface area contributed by atoms with Crippen LogP contribution in [0.2, 0.25) is 5.02 Å². The van der Waals surface area contributed by atoms with Crippen molar-refractivity contribution in [3.05, 3.63) is 47.3 Å². The van der Waals surface area contributed by atoms with Crippen LogP contribution >= 0.6 is 11.6 Å². The molecule has 1 aromatic heterocycles. The molecule has 1 fully saturated rings. The lowest BCUT2D eigenvalue weighted by Gasteiger charge is -2.36. The van der Waals surface area contributed by atoms with Gasteiger partial charge in [0.2, 0.25) is 5.60 Å². The third-order valence-electron chi connectivity index (χ3n) is 5.01. The predicted molar refractivity (Wildman–Crippen MR) is 93.8 cm³/mol. The molecule has 28 heavy (non-hydrogen) atoms. The standard InChI is InChI=1S/C18H18ClF4N3O2/c1-17(28,18(21,22)23)16(27)25-6-4-11(5-7-25)15-9-24-10-26(15)14-3-2-12(19)8-13(14)20/h2-3,8-11,28H,4-7H2,1H3/t17-/m1/s1. The van der Waals surface area contributed by atoms with Crippen molar-refractivity contribution in [2.75, 3.05) is 13.1 Å². The molecule has 1 amide bonds. The van der Waals surface area contributed by atoms with Crippen molar-refractivity contribution < 1.29 is 27.5 Å². The fourth-order valence-electron chi connectivity index (χ4n) is 3.29. The summed E-state index contributed by atoms with van der Waals surface area (Å²) in [5.41, 5.74) is -2.47. The first-order valence-electron chi connectivity index (χ1n) is 8.58. The van der Waals surface area contributed by atoms with Crippen molar-refractivity contribution in [2.45, 2.75) is 37.5 Å². The smallest absolute Gasteiger partial charge is 0.373 e. The quantitative estimate of drug-likeness (QED) is 0.772. The topological polar surface area (TPSA) is 58.4 Å². The molecular formula is C18H18ClF4N3O2. The van der Waals surface area contributed by atoms with Gasteiger partial charge in [0.15, 0.2) is 0 Å². The number of carbonyl (C=O) groups is 1. The highest BCUT2D eigenvalue weighted by molar-refractivity contribution is 6.30. The maximum atomic E-state index is 14.3. The zero-order valence-electron chi connectivity index (χ0n) is 14.9. The van der Waals surface area contributed by atoms with E-state index >= 15 is 0 Å². The van der Waals surface area contributed by atoms with Gasteiger partial charge in [0, 0.05) is 35.9 Å². The lowest BCUT2D eigenvalue weighted by molar-refractivity contribution is -0.250. The van der Waals surface area contributed by atoms with Gasteiger partial charge in [-0.25, -0.2) is 9.37 Å². The van der Waals surface area contributed by atoms with E-state index in [4.69, 9.17) is 11.6 Å². The largest absolute Gasteiger partial charge is 0.426 e. The molecule has 3 rings (SSSR count). The first-order chi connectivity index (χ1) is 13.0. The molecule has 0 aliphatic carbocycles. The van der Waals surface area contributed by atoms with Crippen molar-refractivity contribution >= 4 is 17.5 Å². The average Bonchev–Trinajstić information content (AvgIpc) is 3.09. The summed E-state index contributed by atoms with van der Waals surface area (Å²) in [5, 5.41) is 9.84. The van der Waals surface area contributed by atoms with E-state index in [0.29, 0.717) is 25.5 Å². The van der Waals surface area contributed by atoms with E-state index in [2.05, 4.69) is 4.98 Å². The molecule has 1 aliphatic heterocycles. The number of carbonyl (C=O) groups excluding carboxylic acids is 1. The van der Waals surface area contributed by atoms with E-state index in [1.54, 1.807) is 16.8 Å². The fourth-order valence-corrected chi connectivity index (χ4v) is 3.45. The Hall–Kier alpha value is -2.13. The van der Waals surface area contributed by atoms with E-state index in [-0.39, 0.29) is 29.7 Å². The molecule has 1 aromatic carbocycles. The highest BCUT2D eigenvalue weighted by Gasteiger charge is 2.57. The Kier molecular flexibility index (Phi) is 5.42. The molecule has 10 heteroatoms. The number of rotatable bonds is 3. The van der Waals surface area contributed by atoms with Crippen LogP contribution in [0.5, 0.6) is 0 Å². The van der Waals surface area contributed by atoms with Crippen LogP contribution in [0.3, 0.4) is 0 Å². The molecule has 2 aromatic rings. The minimum Gasteiger partial charge on any atom is -0.373 e. The van der Waals surface area contributed by atoms with Crippen LogP contribution < -0.4 is 0 Å². The van der Waals surface area contributed by atoms with Gasteiger partial charge in [0.25, 0.3) is 5.91 Å². The van der Waals surface area contributed by atoms with Gasteiger partial charge in [-0.2, -0.15) is 13.2 Å². The average molecular weight is 420 g/mol. The SMILES string of the molecule is C[C@@](O)(C(=O)N1CCC(c2cncn2-c2ccc(Cl)cc2F)CC1)C(F)(F)F. The number of halogens is 5. The van der Waals surface area contributed by atoms with Gasteiger partial charge >= 0.3 is 6.18 Å². The molecule has 1 atom stereocenters.